The van der Waals surface area contributed by atoms with Gasteiger partial charge in [-0.15, -0.1) is 0 Å². The van der Waals surface area contributed by atoms with E-state index in [9.17, 15) is 4.79 Å². The van der Waals surface area contributed by atoms with Gasteiger partial charge in [0.1, 0.15) is 0 Å². The van der Waals surface area contributed by atoms with Crippen LogP contribution in [0.3, 0.4) is 0 Å². The zero-order chi connectivity index (χ0) is 9.84. The van der Waals surface area contributed by atoms with E-state index >= 15 is 0 Å². The highest BCUT2D eigenvalue weighted by molar-refractivity contribution is 5.76. The summed E-state index contributed by atoms with van der Waals surface area (Å²) >= 11 is 0. The highest BCUT2D eigenvalue weighted by Crippen LogP contribution is 2.32. The molecule has 0 spiro atoms. The van der Waals surface area contributed by atoms with Gasteiger partial charge in [-0.05, 0) is 31.1 Å². The summed E-state index contributed by atoms with van der Waals surface area (Å²) in [5, 5.41) is 0. The number of nitrogens with two attached hydrogens (primary N) is 1. The van der Waals surface area contributed by atoms with E-state index in [1.807, 2.05) is 0 Å². The maximum absolute atomic E-state index is 11.0. The minimum Gasteiger partial charge on any atom is -0.369 e. The second-order valence-corrected chi connectivity index (χ2v) is 4.76. The van der Waals surface area contributed by atoms with Crippen LogP contribution in [-0.4, -0.2) is 5.91 Å². The number of hydrogen-bond donors (Lipinski definition) is 1. The van der Waals surface area contributed by atoms with Crippen LogP contribution in [0.5, 0.6) is 0 Å². The molecule has 0 aromatic rings. The molecule has 2 nitrogen and oxygen atoms in total. The number of rotatable bonds is 3. The SMILES string of the molecule is CC(C)CC1CCCC(C(N)=O)C1. The quantitative estimate of drug-likeness (QED) is 0.717. The Hall–Kier alpha value is -0.530. The monoisotopic (exact) mass is 183 g/mol. The molecule has 0 aliphatic heterocycles. The van der Waals surface area contributed by atoms with E-state index in [2.05, 4.69) is 13.8 Å². The standard InChI is InChI=1S/C11H21NO/c1-8(2)6-9-4-3-5-10(7-9)11(12)13/h8-10H,3-7H2,1-2H3,(H2,12,13). The summed E-state index contributed by atoms with van der Waals surface area (Å²) in [6, 6.07) is 0. The first-order chi connectivity index (χ1) is 6.09. The third-order valence-corrected chi connectivity index (χ3v) is 2.99. The maximum Gasteiger partial charge on any atom is 0.220 e. The molecule has 1 aliphatic carbocycles. The second kappa shape index (κ2) is 4.64. The van der Waals surface area contributed by atoms with Gasteiger partial charge in [0, 0.05) is 5.92 Å². The van der Waals surface area contributed by atoms with Gasteiger partial charge in [0.15, 0.2) is 0 Å². The lowest BCUT2D eigenvalue weighted by Crippen LogP contribution is -2.28. The van der Waals surface area contributed by atoms with Crippen molar-refractivity contribution < 1.29 is 4.79 Å². The molecule has 76 valence electrons. The summed E-state index contributed by atoms with van der Waals surface area (Å²) in [5.41, 5.74) is 5.32. The molecule has 0 bridgehead atoms. The zero-order valence-electron chi connectivity index (χ0n) is 8.75. The van der Waals surface area contributed by atoms with Gasteiger partial charge in [-0.25, -0.2) is 0 Å². The van der Waals surface area contributed by atoms with Crippen molar-refractivity contribution in [3.8, 4) is 0 Å². The largest absolute Gasteiger partial charge is 0.369 e. The molecule has 1 rings (SSSR count). The summed E-state index contributed by atoms with van der Waals surface area (Å²) < 4.78 is 0. The van der Waals surface area contributed by atoms with Crippen LogP contribution in [0.15, 0.2) is 0 Å². The highest BCUT2D eigenvalue weighted by Gasteiger charge is 2.25. The van der Waals surface area contributed by atoms with Crippen LogP contribution in [0.25, 0.3) is 0 Å². The van der Waals surface area contributed by atoms with Crippen LogP contribution in [0.1, 0.15) is 46.0 Å². The van der Waals surface area contributed by atoms with E-state index in [4.69, 9.17) is 5.73 Å². The van der Waals surface area contributed by atoms with Crippen molar-refractivity contribution in [3.05, 3.63) is 0 Å². The first kappa shape index (κ1) is 10.6. The third kappa shape index (κ3) is 3.37. The van der Waals surface area contributed by atoms with Crippen molar-refractivity contribution in [2.45, 2.75) is 46.0 Å². The Balaban J connectivity index is 2.37. The third-order valence-electron chi connectivity index (χ3n) is 2.99. The van der Waals surface area contributed by atoms with E-state index in [0.29, 0.717) is 0 Å². The van der Waals surface area contributed by atoms with Crippen LogP contribution in [0, 0.1) is 17.8 Å². The minimum atomic E-state index is -0.0894. The first-order valence-electron chi connectivity index (χ1n) is 5.39. The van der Waals surface area contributed by atoms with Crippen LogP contribution in [-0.2, 0) is 4.79 Å². The molecule has 1 saturated carbocycles. The summed E-state index contributed by atoms with van der Waals surface area (Å²) in [7, 11) is 0. The van der Waals surface area contributed by atoms with Crippen LogP contribution >= 0.6 is 0 Å². The fraction of sp³-hybridized carbons (Fsp3) is 0.909. The lowest BCUT2D eigenvalue weighted by molar-refractivity contribution is -0.123. The van der Waals surface area contributed by atoms with Gasteiger partial charge in [0.2, 0.25) is 5.91 Å². The molecule has 1 aliphatic rings. The second-order valence-electron chi connectivity index (χ2n) is 4.76. The Morgan fingerprint density at radius 1 is 1.46 bits per heavy atom. The van der Waals surface area contributed by atoms with Gasteiger partial charge in [-0.2, -0.15) is 0 Å². The molecule has 0 heterocycles. The molecule has 0 saturated heterocycles. The van der Waals surface area contributed by atoms with Crippen LogP contribution < -0.4 is 5.73 Å². The molecule has 0 radical (unpaired) electrons. The van der Waals surface area contributed by atoms with Gasteiger partial charge in [0.25, 0.3) is 0 Å². The average molecular weight is 183 g/mol. The number of primary amides is 1. The van der Waals surface area contributed by atoms with Gasteiger partial charge in [0.05, 0.1) is 0 Å². The molecule has 2 N–H and O–H groups in total. The average Bonchev–Trinajstić information content (AvgIpc) is 2.03. The molecule has 1 amide bonds. The smallest absolute Gasteiger partial charge is 0.220 e. The normalized spacial score (nSPS) is 29.2. The maximum atomic E-state index is 11.0. The van der Waals surface area contributed by atoms with Gasteiger partial charge in [-0.3, -0.25) is 4.79 Å². The minimum absolute atomic E-state index is 0.0894. The Morgan fingerprint density at radius 3 is 2.69 bits per heavy atom. The van der Waals surface area contributed by atoms with Crippen molar-refractivity contribution in [2.75, 3.05) is 0 Å². The topological polar surface area (TPSA) is 43.1 Å². The van der Waals surface area contributed by atoms with Crippen molar-refractivity contribution in [2.24, 2.45) is 23.5 Å². The predicted octanol–water partition coefficient (Wildman–Crippen LogP) is 2.32. The van der Waals surface area contributed by atoms with Gasteiger partial charge < -0.3 is 5.73 Å². The fourth-order valence-corrected chi connectivity index (χ4v) is 2.43. The highest BCUT2D eigenvalue weighted by atomic mass is 16.1. The van der Waals surface area contributed by atoms with Crippen molar-refractivity contribution in [1.29, 1.82) is 0 Å². The predicted molar refractivity (Wildman–Crippen MR) is 54.1 cm³/mol. The Labute approximate surface area is 80.9 Å². The van der Waals surface area contributed by atoms with Crippen molar-refractivity contribution >= 4 is 5.91 Å². The van der Waals surface area contributed by atoms with Gasteiger partial charge in [-0.1, -0.05) is 26.7 Å². The van der Waals surface area contributed by atoms with Crippen LogP contribution in [0.4, 0.5) is 0 Å². The number of amides is 1. The van der Waals surface area contributed by atoms with E-state index in [1.54, 1.807) is 0 Å². The molecular weight excluding hydrogens is 162 g/mol. The molecule has 0 aromatic carbocycles. The summed E-state index contributed by atoms with van der Waals surface area (Å²) in [6.07, 6.45) is 5.79. The molecule has 2 atom stereocenters. The molecule has 1 fully saturated rings. The molecule has 2 unspecified atom stereocenters. The molecule has 13 heavy (non-hydrogen) atoms. The van der Waals surface area contributed by atoms with Gasteiger partial charge >= 0.3 is 0 Å². The molecular formula is C11H21NO. The summed E-state index contributed by atoms with van der Waals surface area (Å²) in [5.74, 6) is 1.56. The van der Waals surface area contributed by atoms with Crippen molar-refractivity contribution in [1.82, 2.24) is 0 Å². The summed E-state index contributed by atoms with van der Waals surface area (Å²) in [4.78, 5) is 11.0. The Kier molecular flexibility index (Phi) is 3.76. The van der Waals surface area contributed by atoms with Crippen LogP contribution in [0.2, 0.25) is 0 Å². The molecule has 2 heteroatoms. The lowest BCUT2D eigenvalue weighted by Gasteiger charge is -2.28. The lowest BCUT2D eigenvalue weighted by atomic mass is 9.77. The van der Waals surface area contributed by atoms with E-state index in [0.717, 1.165) is 24.7 Å². The van der Waals surface area contributed by atoms with E-state index in [1.165, 1.54) is 19.3 Å². The molecule has 0 aromatic heterocycles. The number of carbonyl (C=O) groups excluding carboxylic acids is 1. The Morgan fingerprint density at radius 2 is 2.15 bits per heavy atom. The van der Waals surface area contributed by atoms with Crippen molar-refractivity contribution in [3.63, 3.8) is 0 Å². The number of hydrogen-bond acceptors (Lipinski definition) is 1. The number of carbonyl (C=O) groups is 1. The zero-order valence-corrected chi connectivity index (χ0v) is 8.75. The fourth-order valence-electron chi connectivity index (χ4n) is 2.43. The summed E-state index contributed by atoms with van der Waals surface area (Å²) in [6.45, 7) is 4.49. The first-order valence-corrected chi connectivity index (χ1v) is 5.39. The van der Waals surface area contributed by atoms with E-state index < -0.39 is 0 Å². The van der Waals surface area contributed by atoms with E-state index in [-0.39, 0.29) is 11.8 Å². The Bertz CT molecular complexity index is 177.